The minimum atomic E-state index is -0.223. The van der Waals surface area contributed by atoms with E-state index in [-0.39, 0.29) is 11.0 Å². The molecular weight excluding hydrogens is 371 g/mol. The molecule has 0 atom stereocenters. The van der Waals surface area contributed by atoms with Crippen molar-refractivity contribution in [3.63, 3.8) is 0 Å². The van der Waals surface area contributed by atoms with E-state index in [0.717, 1.165) is 10.3 Å². The molecule has 0 amide bonds. The maximum absolute atomic E-state index is 12.4. The molecule has 2 aromatic carbocycles. The first-order valence-corrected chi connectivity index (χ1v) is 9.23. The van der Waals surface area contributed by atoms with Gasteiger partial charge in [-0.1, -0.05) is 41.4 Å². The number of hydrogen-bond acceptors (Lipinski definition) is 4. The summed E-state index contributed by atoms with van der Waals surface area (Å²) < 4.78 is 1.57. The van der Waals surface area contributed by atoms with Crippen LogP contribution in [0.2, 0.25) is 10.0 Å². The lowest BCUT2D eigenvalue weighted by Crippen LogP contribution is -2.08. The molecule has 0 aliphatic rings. The number of benzene rings is 2. The molecule has 0 aliphatic carbocycles. The highest BCUT2D eigenvalue weighted by atomic mass is 35.5. The third kappa shape index (κ3) is 3.45. The number of aldehydes is 1. The summed E-state index contributed by atoms with van der Waals surface area (Å²) in [7, 11) is 0. The van der Waals surface area contributed by atoms with Gasteiger partial charge in [-0.15, -0.1) is 23.1 Å². The molecule has 1 heterocycles. The number of carbonyl (C=O) groups excluding carboxylic acids is 1. The Balaban J connectivity index is 1.99. The summed E-state index contributed by atoms with van der Waals surface area (Å²) in [6.07, 6.45) is 0.636. The summed E-state index contributed by atoms with van der Waals surface area (Å²) in [6.45, 7) is 0. The van der Waals surface area contributed by atoms with Crippen LogP contribution in [0.15, 0.2) is 51.5 Å². The van der Waals surface area contributed by atoms with Crippen molar-refractivity contribution >= 4 is 62.7 Å². The standard InChI is InChI=1S/C17H10Cl2O2S2/c18-11-6-5-10(14(19)7-11)9-22-17-13(8-20)16(21)12-3-1-2-4-15(12)23-17/h1-8H,9H2. The van der Waals surface area contributed by atoms with Crippen molar-refractivity contribution in [2.45, 2.75) is 9.96 Å². The van der Waals surface area contributed by atoms with E-state index in [1.165, 1.54) is 23.1 Å². The monoisotopic (exact) mass is 380 g/mol. The highest BCUT2D eigenvalue weighted by Crippen LogP contribution is 2.34. The molecule has 2 nitrogen and oxygen atoms in total. The molecule has 0 saturated carbocycles. The lowest BCUT2D eigenvalue weighted by molar-refractivity contribution is 0.112. The first-order valence-electron chi connectivity index (χ1n) is 6.68. The lowest BCUT2D eigenvalue weighted by Gasteiger charge is -2.07. The molecule has 1 aromatic heterocycles. The maximum atomic E-state index is 12.4. The van der Waals surface area contributed by atoms with Crippen LogP contribution in [0.5, 0.6) is 0 Å². The quantitative estimate of drug-likeness (QED) is 0.431. The summed E-state index contributed by atoms with van der Waals surface area (Å²) in [4.78, 5) is 23.8. The minimum Gasteiger partial charge on any atom is -0.298 e. The molecular formula is C17H10Cl2O2S2. The highest BCUT2D eigenvalue weighted by molar-refractivity contribution is 8.00. The summed E-state index contributed by atoms with van der Waals surface area (Å²) in [5, 5.41) is 1.73. The van der Waals surface area contributed by atoms with Crippen molar-refractivity contribution < 1.29 is 4.79 Å². The van der Waals surface area contributed by atoms with Crippen LogP contribution in [0.3, 0.4) is 0 Å². The zero-order valence-corrected chi connectivity index (χ0v) is 14.9. The molecule has 0 bridgehead atoms. The fourth-order valence-corrected chi connectivity index (χ4v) is 5.07. The number of rotatable bonds is 4. The van der Waals surface area contributed by atoms with E-state index >= 15 is 0 Å². The molecule has 116 valence electrons. The molecule has 0 spiro atoms. The van der Waals surface area contributed by atoms with Gasteiger partial charge >= 0.3 is 0 Å². The van der Waals surface area contributed by atoms with Gasteiger partial charge in [0.25, 0.3) is 0 Å². The first kappa shape index (κ1) is 16.5. The maximum Gasteiger partial charge on any atom is 0.199 e. The fourth-order valence-electron chi connectivity index (χ4n) is 2.13. The molecule has 3 rings (SSSR count). The first-order chi connectivity index (χ1) is 11.1. The zero-order chi connectivity index (χ0) is 16.4. The van der Waals surface area contributed by atoms with Gasteiger partial charge in [-0.3, -0.25) is 9.59 Å². The topological polar surface area (TPSA) is 34.1 Å². The third-order valence-electron chi connectivity index (χ3n) is 3.29. The Morgan fingerprint density at radius 1 is 1.13 bits per heavy atom. The van der Waals surface area contributed by atoms with Crippen LogP contribution in [0.4, 0.5) is 0 Å². The molecule has 0 unspecified atom stereocenters. The van der Waals surface area contributed by atoms with E-state index < -0.39 is 0 Å². The Hall–Kier alpha value is -1.33. The van der Waals surface area contributed by atoms with Gasteiger partial charge in [0, 0.05) is 25.9 Å². The normalized spacial score (nSPS) is 10.9. The smallest absolute Gasteiger partial charge is 0.199 e. The minimum absolute atomic E-state index is 0.212. The Morgan fingerprint density at radius 2 is 1.91 bits per heavy atom. The van der Waals surface area contributed by atoms with E-state index in [4.69, 9.17) is 23.2 Å². The molecule has 0 aliphatic heterocycles. The number of hydrogen-bond donors (Lipinski definition) is 0. The molecule has 0 saturated heterocycles. The number of thioether (sulfide) groups is 1. The average Bonchev–Trinajstić information content (AvgIpc) is 2.54. The van der Waals surface area contributed by atoms with Crippen LogP contribution in [0.25, 0.3) is 10.1 Å². The molecule has 3 aromatic rings. The Morgan fingerprint density at radius 3 is 2.65 bits per heavy atom. The lowest BCUT2D eigenvalue weighted by atomic mass is 10.2. The largest absolute Gasteiger partial charge is 0.298 e. The van der Waals surface area contributed by atoms with Crippen LogP contribution in [0, 0.1) is 0 Å². The second-order valence-corrected chi connectivity index (χ2v) is 7.91. The van der Waals surface area contributed by atoms with E-state index in [1.807, 2.05) is 18.2 Å². The van der Waals surface area contributed by atoms with Gasteiger partial charge in [0.2, 0.25) is 0 Å². The van der Waals surface area contributed by atoms with Crippen molar-refractivity contribution in [2.24, 2.45) is 0 Å². The average molecular weight is 381 g/mol. The highest BCUT2D eigenvalue weighted by Gasteiger charge is 2.13. The van der Waals surface area contributed by atoms with Crippen LogP contribution in [-0.4, -0.2) is 6.29 Å². The van der Waals surface area contributed by atoms with Gasteiger partial charge in [0.15, 0.2) is 11.7 Å². The van der Waals surface area contributed by atoms with Crippen LogP contribution in [-0.2, 0) is 5.75 Å². The fraction of sp³-hybridized carbons (Fsp3) is 0.0588. The zero-order valence-electron chi connectivity index (χ0n) is 11.7. The van der Waals surface area contributed by atoms with Gasteiger partial charge in [-0.05, 0) is 29.8 Å². The molecule has 0 N–H and O–H groups in total. The predicted molar refractivity (Wildman–Crippen MR) is 99.5 cm³/mol. The second-order valence-electron chi connectivity index (χ2n) is 4.77. The second kappa shape index (κ2) is 7.05. The van der Waals surface area contributed by atoms with E-state index in [9.17, 15) is 9.59 Å². The van der Waals surface area contributed by atoms with Crippen LogP contribution >= 0.6 is 46.3 Å². The van der Waals surface area contributed by atoms with Gasteiger partial charge in [0.05, 0.1) is 9.77 Å². The number of halogens is 2. The van der Waals surface area contributed by atoms with Crippen molar-refractivity contribution in [2.75, 3.05) is 0 Å². The summed E-state index contributed by atoms with van der Waals surface area (Å²) in [5.41, 5.74) is 0.897. The third-order valence-corrected chi connectivity index (χ3v) is 6.40. The molecule has 0 radical (unpaired) electrons. The molecule has 23 heavy (non-hydrogen) atoms. The van der Waals surface area contributed by atoms with Gasteiger partial charge in [-0.2, -0.15) is 0 Å². The van der Waals surface area contributed by atoms with E-state index in [0.29, 0.717) is 31.7 Å². The van der Waals surface area contributed by atoms with Crippen molar-refractivity contribution in [3.05, 3.63) is 73.9 Å². The SMILES string of the molecule is O=Cc1c(SCc2ccc(Cl)cc2Cl)sc2ccccc2c1=O. The van der Waals surface area contributed by atoms with Crippen molar-refractivity contribution in [1.29, 1.82) is 0 Å². The Kier molecular flexibility index (Phi) is 5.07. The van der Waals surface area contributed by atoms with Crippen LogP contribution in [0.1, 0.15) is 15.9 Å². The number of fused-ring (bicyclic) bond motifs is 1. The Labute approximate surface area is 151 Å². The van der Waals surface area contributed by atoms with E-state index in [1.54, 1.807) is 24.3 Å². The summed E-state index contributed by atoms with van der Waals surface area (Å²) in [5.74, 6) is 0.561. The van der Waals surface area contributed by atoms with Crippen molar-refractivity contribution in [3.8, 4) is 0 Å². The van der Waals surface area contributed by atoms with Crippen LogP contribution < -0.4 is 5.43 Å². The van der Waals surface area contributed by atoms with Gasteiger partial charge in [0.1, 0.15) is 0 Å². The number of carbonyl (C=O) groups is 1. The van der Waals surface area contributed by atoms with Crippen molar-refractivity contribution in [1.82, 2.24) is 0 Å². The summed E-state index contributed by atoms with van der Waals surface area (Å²) in [6, 6.07) is 12.6. The van der Waals surface area contributed by atoms with E-state index in [2.05, 4.69) is 0 Å². The molecule has 0 fully saturated rings. The van der Waals surface area contributed by atoms with Gasteiger partial charge < -0.3 is 0 Å². The van der Waals surface area contributed by atoms with Gasteiger partial charge in [-0.25, -0.2) is 0 Å². The predicted octanol–water partition coefficient (Wildman–Crippen LogP) is 5.67. The Bertz CT molecular complexity index is 951. The summed E-state index contributed by atoms with van der Waals surface area (Å²) >= 11 is 14.9. The molecule has 6 heteroatoms.